The highest BCUT2D eigenvalue weighted by Gasteiger charge is 2.47. The van der Waals surface area contributed by atoms with Crippen molar-refractivity contribution in [2.24, 2.45) is 11.8 Å². The number of hydrogen-bond donors (Lipinski definition) is 3. The number of imidazole rings is 1. The van der Waals surface area contributed by atoms with Gasteiger partial charge in [-0.3, -0.25) is 4.79 Å². The molecule has 1 saturated heterocycles. The number of alkyl halides is 5. The van der Waals surface area contributed by atoms with E-state index < -0.39 is 42.1 Å². The molecule has 180 valence electrons. The highest BCUT2D eigenvalue weighted by molar-refractivity contribution is 5.81. The van der Waals surface area contributed by atoms with Gasteiger partial charge in [0.25, 0.3) is 0 Å². The number of carbonyl (C=O) groups is 2. The van der Waals surface area contributed by atoms with E-state index in [0.717, 1.165) is 0 Å². The molecule has 0 spiro atoms. The summed E-state index contributed by atoms with van der Waals surface area (Å²) in [7, 11) is 0. The van der Waals surface area contributed by atoms with Gasteiger partial charge in [-0.15, -0.1) is 0 Å². The van der Waals surface area contributed by atoms with E-state index >= 15 is 0 Å². The Morgan fingerprint density at radius 1 is 1.30 bits per heavy atom. The van der Waals surface area contributed by atoms with Crippen LogP contribution in [-0.2, 0) is 11.2 Å². The average molecular weight is 475 g/mol. The number of hydrogen-bond acceptors (Lipinski definition) is 4. The van der Waals surface area contributed by atoms with Gasteiger partial charge in [-0.1, -0.05) is 0 Å². The number of amides is 2. The van der Waals surface area contributed by atoms with Crippen molar-refractivity contribution in [3.05, 3.63) is 29.7 Å². The van der Waals surface area contributed by atoms with E-state index in [-0.39, 0.29) is 44.4 Å². The average Bonchev–Trinajstić information content (AvgIpc) is 3.29. The van der Waals surface area contributed by atoms with Gasteiger partial charge in [0.05, 0.1) is 23.6 Å². The van der Waals surface area contributed by atoms with Gasteiger partial charge in [0.15, 0.2) is 5.65 Å². The minimum Gasteiger partial charge on any atom is -0.465 e. The topological polar surface area (TPSA) is 109 Å². The molecule has 8 nitrogen and oxygen atoms in total. The summed E-state index contributed by atoms with van der Waals surface area (Å²) in [6.07, 6.45) is -5.17. The molecule has 1 saturated carbocycles. The number of fused-ring (bicyclic) bond motifs is 1. The maximum atomic E-state index is 13.5. The summed E-state index contributed by atoms with van der Waals surface area (Å²) < 4.78 is 67.1. The molecule has 2 aromatic heterocycles. The molecular weight excluding hydrogens is 453 g/mol. The van der Waals surface area contributed by atoms with E-state index in [9.17, 15) is 36.6 Å². The van der Waals surface area contributed by atoms with Crippen molar-refractivity contribution in [3.63, 3.8) is 0 Å². The normalized spacial score (nSPS) is 24.6. The maximum absolute atomic E-state index is 13.5. The quantitative estimate of drug-likeness (QED) is 0.574. The van der Waals surface area contributed by atoms with Gasteiger partial charge in [-0.05, 0) is 37.3 Å². The molecule has 2 fully saturated rings. The summed E-state index contributed by atoms with van der Waals surface area (Å²) in [5.41, 5.74) is 1.04. The minimum absolute atomic E-state index is 0.00359. The van der Waals surface area contributed by atoms with Gasteiger partial charge in [0.2, 0.25) is 11.8 Å². The van der Waals surface area contributed by atoms with Crippen LogP contribution in [0.1, 0.15) is 49.5 Å². The molecule has 3 atom stereocenters. The number of rotatable bonds is 5. The summed E-state index contributed by atoms with van der Waals surface area (Å²) in [5, 5.41) is 17.9. The Morgan fingerprint density at radius 2 is 2.00 bits per heavy atom. The third-order valence-corrected chi connectivity index (χ3v) is 6.28. The number of halogens is 5. The molecular formula is C20H22F5N5O3. The SMILES string of the molecule is O=C(O)NC(c1cn2nc(C[C@H]3C[C@@H](C(F)(F)F)NC3=O)ccc2n1)C1CCC(F)(F)CC1. The van der Waals surface area contributed by atoms with Crippen LogP contribution < -0.4 is 10.6 Å². The van der Waals surface area contributed by atoms with Crippen molar-refractivity contribution in [2.75, 3.05) is 0 Å². The molecule has 2 aromatic rings. The van der Waals surface area contributed by atoms with Crippen molar-refractivity contribution < 1.29 is 36.6 Å². The largest absolute Gasteiger partial charge is 0.465 e. The first kappa shape index (κ1) is 23.2. The lowest BCUT2D eigenvalue weighted by atomic mass is 9.81. The van der Waals surface area contributed by atoms with Crippen LogP contribution in [0.2, 0.25) is 0 Å². The lowest BCUT2D eigenvalue weighted by molar-refractivity contribution is -0.154. The fraction of sp³-hybridized carbons (Fsp3) is 0.600. The summed E-state index contributed by atoms with van der Waals surface area (Å²) in [6.45, 7) is 0. The summed E-state index contributed by atoms with van der Waals surface area (Å²) in [6, 6.07) is 0.412. The maximum Gasteiger partial charge on any atom is 0.408 e. The Balaban J connectivity index is 1.53. The third-order valence-electron chi connectivity index (χ3n) is 6.28. The van der Waals surface area contributed by atoms with Crippen LogP contribution in [0.15, 0.2) is 18.3 Å². The molecule has 3 N–H and O–H groups in total. The molecule has 0 bridgehead atoms. The Bertz CT molecular complexity index is 1050. The lowest BCUT2D eigenvalue weighted by Gasteiger charge is -2.32. The van der Waals surface area contributed by atoms with Crippen molar-refractivity contribution in [1.29, 1.82) is 0 Å². The number of nitrogens with zero attached hydrogens (tertiary/aromatic N) is 3. The first-order chi connectivity index (χ1) is 15.4. The Kier molecular flexibility index (Phi) is 5.91. The van der Waals surface area contributed by atoms with Crippen LogP contribution in [0, 0.1) is 11.8 Å². The van der Waals surface area contributed by atoms with E-state index in [0.29, 0.717) is 17.0 Å². The van der Waals surface area contributed by atoms with Crippen molar-refractivity contribution >= 4 is 17.6 Å². The summed E-state index contributed by atoms with van der Waals surface area (Å²) in [5.74, 6) is -4.70. The van der Waals surface area contributed by atoms with E-state index in [1.165, 1.54) is 10.7 Å². The van der Waals surface area contributed by atoms with Gasteiger partial charge in [-0.2, -0.15) is 18.3 Å². The van der Waals surface area contributed by atoms with E-state index in [1.54, 1.807) is 12.1 Å². The Morgan fingerprint density at radius 3 is 2.61 bits per heavy atom. The monoisotopic (exact) mass is 475 g/mol. The third kappa shape index (κ3) is 5.17. The standard InChI is InChI=1S/C20H22F5N5O3/c21-19(22)5-3-10(4-6-19)16(28-18(32)33)13-9-30-15(26-13)2-1-12(29-30)7-11-8-14(20(23,24)25)27-17(11)31/h1-2,9-11,14,16,28H,3-8H2,(H,27,31)(H,32,33)/t11-,14-,16?/m0/s1. The molecule has 0 radical (unpaired) electrons. The summed E-state index contributed by atoms with van der Waals surface area (Å²) in [4.78, 5) is 27.6. The first-order valence-corrected chi connectivity index (χ1v) is 10.5. The van der Waals surface area contributed by atoms with E-state index in [1.807, 2.05) is 5.32 Å². The molecule has 1 unspecified atom stereocenters. The van der Waals surface area contributed by atoms with Gasteiger partial charge in [0, 0.05) is 25.2 Å². The highest BCUT2D eigenvalue weighted by atomic mass is 19.4. The van der Waals surface area contributed by atoms with Crippen LogP contribution in [0.25, 0.3) is 5.65 Å². The summed E-state index contributed by atoms with van der Waals surface area (Å²) >= 11 is 0. The molecule has 0 aromatic carbocycles. The van der Waals surface area contributed by atoms with Gasteiger partial charge >= 0.3 is 12.3 Å². The molecule has 2 amide bonds. The molecule has 13 heteroatoms. The number of carboxylic acid groups (broad SMARTS) is 1. The second-order valence-corrected chi connectivity index (χ2v) is 8.65. The highest BCUT2D eigenvalue weighted by Crippen LogP contribution is 2.41. The minimum atomic E-state index is -4.52. The van der Waals surface area contributed by atoms with Gasteiger partial charge < -0.3 is 15.7 Å². The van der Waals surface area contributed by atoms with Crippen molar-refractivity contribution in [2.45, 2.75) is 62.7 Å². The lowest BCUT2D eigenvalue weighted by Crippen LogP contribution is -2.38. The van der Waals surface area contributed by atoms with Crippen LogP contribution >= 0.6 is 0 Å². The molecule has 1 aliphatic heterocycles. The first-order valence-electron chi connectivity index (χ1n) is 10.5. The van der Waals surface area contributed by atoms with Crippen LogP contribution in [0.5, 0.6) is 0 Å². The molecule has 2 aliphatic rings. The molecule has 3 heterocycles. The van der Waals surface area contributed by atoms with Crippen LogP contribution in [-0.4, -0.2) is 49.8 Å². The fourth-order valence-corrected chi connectivity index (χ4v) is 4.54. The zero-order chi connectivity index (χ0) is 24.0. The fourth-order valence-electron chi connectivity index (χ4n) is 4.54. The smallest absolute Gasteiger partial charge is 0.408 e. The van der Waals surface area contributed by atoms with E-state index in [4.69, 9.17) is 0 Å². The van der Waals surface area contributed by atoms with Crippen LogP contribution in [0.4, 0.5) is 26.7 Å². The molecule has 4 rings (SSSR count). The van der Waals surface area contributed by atoms with Gasteiger partial charge in [-0.25, -0.2) is 23.1 Å². The van der Waals surface area contributed by atoms with Crippen molar-refractivity contribution in [1.82, 2.24) is 25.2 Å². The number of carbonyl (C=O) groups excluding carboxylic acids is 1. The molecule has 33 heavy (non-hydrogen) atoms. The predicted molar refractivity (Wildman–Crippen MR) is 104 cm³/mol. The zero-order valence-corrected chi connectivity index (χ0v) is 17.3. The predicted octanol–water partition coefficient (Wildman–Crippen LogP) is 3.47. The Hall–Kier alpha value is -2.99. The second kappa shape index (κ2) is 8.41. The number of nitrogens with one attached hydrogen (secondary N) is 2. The molecule has 1 aliphatic carbocycles. The Labute approximate surface area is 184 Å². The number of aromatic nitrogens is 3. The zero-order valence-electron chi connectivity index (χ0n) is 17.3. The van der Waals surface area contributed by atoms with Gasteiger partial charge in [0.1, 0.15) is 6.04 Å². The second-order valence-electron chi connectivity index (χ2n) is 8.65. The van der Waals surface area contributed by atoms with E-state index in [2.05, 4.69) is 15.4 Å². The van der Waals surface area contributed by atoms with Crippen molar-refractivity contribution in [3.8, 4) is 0 Å². The van der Waals surface area contributed by atoms with Crippen LogP contribution in [0.3, 0.4) is 0 Å².